The van der Waals surface area contributed by atoms with Crippen LogP contribution in [-0.2, 0) is 4.79 Å². The van der Waals surface area contributed by atoms with Gasteiger partial charge in [0, 0.05) is 30.8 Å². The largest absolute Gasteiger partial charge is 0.495 e. The zero-order valence-electron chi connectivity index (χ0n) is 13.3. The number of para-hydroxylation sites is 2. The number of hydrogen-bond donors (Lipinski definition) is 2. The van der Waals surface area contributed by atoms with Gasteiger partial charge in [0.25, 0.3) is 5.69 Å². The van der Waals surface area contributed by atoms with Crippen molar-refractivity contribution in [1.29, 1.82) is 0 Å². The van der Waals surface area contributed by atoms with Gasteiger partial charge in [0.2, 0.25) is 5.91 Å². The normalized spacial score (nSPS) is 10.0. The Morgan fingerprint density at radius 3 is 2.54 bits per heavy atom. The Hall–Kier alpha value is -3.09. The maximum Gasteiger partial charge on any atom is 0.269 e. The molecule has 2 N–H and O–H groups in total. The van der Waals surface area contributed by atoms with Crippen molar-refractivity contribution in [3.63, 3.8) is 0 Å². The number of ether oxygens (including phenoxy) is 1. The summed E-state index contributed by atoms with van der Waals surface area (Å²) in [4.78, 5) is 22.1. The molecule has 0 atom stereocenters. The molecule has 0 aliphatic heterocycles. The molecule has 2 aromatic rings. The van der Waals surface area contributed by atoms with Crippen LogP contribution in [0.1, 0.15) is 12.8 Å². The minimum atomic E-state index is -0.439. The summed E-state index contributed by atoms with van der Waals surface area (Å²) in [6.07, 6.45) is 0.996. The second kappa shape index (κ2) is 8.52. The lowest BCUT2D eigenvalue weighted by molar-refractivity contribution is -0.384. The van der Waals surface area contributed by atoms with Crippen molar-refractivity contribution in [3.8, 4) is 5.75 Å². The van der Waals surface area contributed by atoms with Gasteiger partial charge in [0.05, 0.1) is 17.7 Å². The second-order valence-electron chi connectivity index (χ2n) is 5.08. The van der Waals surface area contributed by atoms with Gasteiger partial charge in [-0.15, -0.1) is 0 Å². The maximum absolute atomic E-state index is 11.9. The minimum Gasteiger partial charge on any atom is -0.495 e. The van der Waals surface area contributed by atoms with E-state index in [0.717, 1.165) is 5.69 Å². The van der Waals surface area contributed by atoms with Crippen LogP contribution in [0.3, 0.4) is 0 Å². The SMILES string of the molecule is COc1ccccc1NC(=O)CCCNc1ccc([N+](=O)[O-])cc1. The molecule has 0 fully saturated rings. The highest BCUT2D eigenvalue weighted by Crippen LogP contribution is 2.23. The Kier molecular flexibility index (Phi) is 6.13. The fourth-order valence-electron chi connectivity index (χ4n) is 2.14. The van der Waals surface area contributed by atoms with Gasteiger partial charge in [-0.25, -0.2) is 0 Å². The number of amides is 1. The molecule has 2 aromatic carbocycles. The first-order valence-electron chi connectivity index (χ1n) is 7.51. The lowest BCUT2D eigenvalue weighted by Crippen LogP contribution is -2.14. The second-order valence-corrected chi connectivity index (χ2v) is 5.08. The molecule has 126 valence electrons. The molecule has 24 heavy (non-hydrogen) atoms. The standard InChI is InChI=1S/C17H19N3O4/c1-24-16-6-3-2-5-15(16)19-17(21)7-4-12-18-13-8-10-14(11-9-13)20(22)23/h2-3,5-6,8-11,18H,4,7,12H2,1H3,(H,19,21). The summed E-state index contributed by atoms with van der Waals surface area (Å²) in [5.41, 5.74) is 1.48. The molecule has 0 saturated heterocycles. The number of carbonyl (C=O) groups is 1. The summed E-state index contributed by atoms with van der Waals surface area (Å²) >= 11 is 0. The summed E-state index contributed by atoms with van der Waals surface area (Å²) in [6.45, 7) is 0.594. The van der Waals surface area contributed by atoms with Crippen molar-refractivity contribution < 1.29 is 14.5 Å². The predicted octanol–water partition coefficient (Wildman–Crippen LogP) is 3.43. The lowest BCUT2D eigenvalue weighted by atomic mass is 10.2. The van der Waals surface area contributed by atoms with E-state index >= 15 is 0 Å². The van der Waals surface area contributed by atoms with E-state index in [-0.39, 0.29) is 11.6 Å². The molecular weight excluding hydrogens is 310 g/mol. The molecule has 1 amide bonds. The Balaban J connectivity index is 1.73. The number of nitrogens with one attached hydrogen (secondary N) is 2. The number of benzene rings is 2. The van der Waals surface area contributed by atoms with E-state index in [9.17, 15) is 14.9 Å². The smallest absolute Gasteiger partial charge is 0.269 e. The number of rotatable bonds is 8. The molecule has 0 aliphatic carbocycles. The van der Waals surface area contributed by atoms with Crippen LogP contribution >= 0.6 is 0 Å². The fraction of sp³-hybridized carbons (Fsp3) is 0.235. The van der Waals surface area contributed by atoms with Crippen LogP contribution in [0, 0.1) is 10.1 Å². The lowest BCUT2D eigenvalue weighted by Gasteiger charge is -2.10. The monoisotopic (exact) mass is 329 g/mol. The number of non-ortho nitro benzene ring substituents is 1. The van der Waals surface area contributed by atoms with E-state index in [1.54, 1.807) is 31.4 Å². The molecule has 0 aromatic heterocycles. The third kappa shape index (κ3) is 4.98. The number of carbonyl (C=O) groups excluding carboxylic acids is 1. The maximum atomic E-state index is 11.9. The van der Waals surface area contributed by atoms with Crippen LogP contribution in [0.4, 0.5) is 17.1 Å². The van der Waals surface area contributed by atoms with E-state index in [4.69, 9.17) is 4.74 Å². The first-order valence-corrected chi connectivity index (χ1v) is 7.51. The highest BCUT2D eigenvalue weighted by atomic mass is 16.6. The van der Waals surface area contributed by atoms with Gasteiger partial charge in [-0.1, -0.05) is 12.1 Å². The van der Waals surface area contributed by atoms with E-state index in [1.165, 1.54) is 12.1 Å². The zero-order valence-corrected chi connectivity index (χ0v) is 13.3. The van der Waals surface area contributed by atoms with Gasteiger partial charge in [-0.05, 0) is 30.7 Å². The number of hydrogen-bond acceptors (Lipinski definition) is 5. The molecule has 0 saturated carbocycles. The third-order valence-corrected chi connectivity index (χ3v) is 3.37. The average molecular weight is 329 g/mol. The van der Waals surface area contributed by atoms with Crippen LogP contribution in [0.15, 0.2) is 48.5 Å². The molecular formula is C17H19N3O4. The van der Waals surface area contributed by atoms with E-state index in [1.807, 2.05) is 12.1 Å². The minimum absolute atomic E-state index is 0.0525. The van der Waals surface area contributed by atoms with Crippen LogP contribution < -0.4 is 15.4 Å². The zero-order chi connectivity index (χ0) is 17.4. The molecule has 0 aliphatic rings. The van der Waals surface area contributed by atoms with Crippen LogP contribution in [0.5, 0.6) is 5.75 Å². The van der Waals surface area contributed by atoms with Crippen LogP contribution in [-0.4, -0.2) is 24.5 Å². The van der Waals surface area contributed by atoms with Crippen molar-refractivity contribution in [2.24, 2.45) is 0 Å². The fourth-order valence-corrected chi connectivity index (χ4v) is 2.14. The topological polar surface area (TPSA) is 93.5 Å². The van der Waals surface area contributed by atoms with Gasteiger partial charge < -0.3 is 15.4 Å². The molecule has 0 heterocycles. The summed E-state index contributed by atoms with van der Waals surface area (Å²) in [6, 6.07) is 13.4. The highest BCUT2D eigenvalue weighted by Gasteiger charge is 2.07. The van der Waals surface area contributed by atoms with Crippen LogP contribution in [0.25, 0.3) is 0 Å². The quantitative estimate of drug-likeness (QED) is 0.439. The summed E-state index contributed by atoms with van der Waals surface area (Å²) in [7, 11) is 1.55. The van der Waals surface area contributed by atoms with Crippen molar-refractivity contribution in [3.05, 3.63) is 58.6 Å². The number of methoxy groups -OCH3 is 1. The summed E-state index contributed by atoms with van der Waals surface area (Å²) in [5, 5.41) is 16.5. The molecule has 0 radical (unpaired) electrons. The third-order valence-electron chi connectivity index (χ3n) is 3.37. The Morgan fingerprint density at radius 2 is 1.88 bits per heavy atom. The van der Waals surface area contributed by atoms with Gasteiger partial charge >= 0.3 is 0 Å². The molecule has 7 heteroatoms. The first-order chi connectivity index (χ1) is 11.6. The Morgan fingerprint density at radius 1 is 1.17 bits per heavy atom. The number of nitro groups is 1. The molecule has 7 nitrogen and oxygen atoms in total. The molecule has 0 spiro atoms. The number of nitro benzene ring substituents is 1. The number of anilines is 2. The van der Waals surface area contributed by atoms with E-state index in [0.29, 0.717) is 30.8 Å². The summed E-state index contributed by atoms with van der Waals surface area (Å²) in [5.74, 6) is 0.528. The van der Waals surface area contributed by atoms with Gasteiger partial charge in [0.1, 0.15) is 5.75 Å². The average Bonchev–Trinajstić information content (AvgIpc) is 2.59. The Labute approximate surface area is 139 Å². The van der Waals surface area contributed by atoms with Crippen molar-refractivity contribution in [2.45, 2.75) is 12.8 Å². The van der Waals surface area contributed by atoms with Gasteiger partial charge in [0.15, 0.2) is 0 Å². The van der Waals surface area contributed by atoms with E-state index < -0.39 is 4.92 Å². The van der Waals surface area contributed by atoms with Crippen molar-refractivity contribution in [2.75, 3.05) is 24.3 Å². The van der Waals surface area contributed by atoms with Gasteiger partial charge in [-0.2, -0.15) is 0 Å². The molecule has 0 unspecified atom stereocenters. The molecule has 0 bridgehead atoms. The summed E-state index contributed by atoms with van der Waals surface area (Å²) < 4.78 is 5.18. The van der Waals surface area contributed by atoms with Crippen LogP contribution in [0.2, 0.25) is 0 Å². The molecule has 2 rings (SSSR count). The highest BCUT2D eigenvalue weighted by molar-refractivity contribution is 5.92. The first kappa shape index (κ1) is 17.3. The van der Waals surface area contributed by atoms with E-state index in [2.05, 4.69) is 10.6 Å². The number of nitrogens with zero attached hydrogens (tertiary/aromatic N) is 1. The van der Waals surface area contributed by atoms with Crippen molar-refractivity contribution in [1.82, 2.24) is 0 Å². The van der Waals surface area contributed by atoms with Gasteiger partial charge in [-0.3, -0.25) is 14.9 Å². The Bertz CT molecular complexity index is 701. The van der Waals surface area contributed by atoms with Crippen molar-refractivity contribution >= 4 is 23.0 Å². The predicted molar refractivity (Wildman–Crippen MR) is 92.4 cm³/mol.